The van der Waals surface area contributed by atoms with Gasteiger partial charge < -0.3 is 4.90 Å². The average Bonchev–Trinajstić information content (AvgIpc) is 2.17. The van der Waals surface area contributed by atoms with E-state index in [1.165, 1.54) is 11.3 Å². The third-order valence-corrected chi connectivity index (χ3v) is 2.08. The van der Waals surface area contributed by atoms with Crippen LogP contribution >= 0.6 is 0 Å². The molecule has 0 N–H and O–H groups in total. The lowest BCUT2D eigenvalue weighted by atomic mass is 10.1. The fourth-order valence-electron chi connectivity index (χ4n) is 1.47. The second kappa shape index (κ2) is 3.02. The minimum Gasteiger partial charge on any atom is -0.340 e. The highest BCUT2D eigenvalue weighted by molar-refractivity contribution is 5.57. The van der Waals surface area contributed by atoms with Crippen LogP contribution < -0.4 is 4.90 Å². The predicted molar refractivity (Wildman–Crippen MR) is 50.7 cm³/mol. The molecular weight excluding hydrogens is 146 g/mol. The number of rotatable bonds is 1. The zero-order valence-corrected chi connectivity index (χ0v) is 6.96. The van der Waals surface area contributed by atoms with Crippen LogP contribution in [0.4, 0.5) is 5.69 Å². The lowest BCUT2D eigenvalue weighted by Crippen LogP contribution is -2.19. The summed E-state index contributed by atoms with van der Waals surface area (Å²) in [6.07, 6.45) is 6.21. The Morgan fingerprint density at radius 2 is 2.25 bits per heavy atom. The minimum atomic E-state index is 0.744. The Bertz CT molecular complexity index is 302. The first kappa shape index (κ1) is 7.41. The highest BCUT2D eigenvalue weighted by Gasteiger charge is 2.09. The molecule has 0 aromatic heterocycles. The number of anilines is 1. The van der Waals surface area contributed by atoms with Crippen molar-refractivity contribution in [3.05, 3.63) is 49.0 Å². The smallest absolute Gasteiger partial charge is 0.0611 e. The van der Waals surface area contributed by atoms with Gasteiger partial charge in [-0.25, -0.2) is 0 Å². The van der Waals surface area contributed by atoms with Crippen LogP contribution in [0, 0.1) is 13.1 Å². The van der Waals surface area contributed by atoms with Gasteiger partial charge in [-0.1, -0.05) is 24.3 Å². The quantitative estimate of drug-likeness (QED) is 0.604. The summed E-state index contributed by atoms with van der Waals surface area (Å²) >= 11 is 0. The van der Waals surface area contributed by atoms with Gasteiger partial charge in [0.25, 0.3) is 0 Å². The van der Waals surface area contributed by atoms with Crippen LogP contribution in [0.5, 0.6) is 0 Å². The molecule has 1 aliphatic heterocycles. The lowest BCUT2D eigenvalue weighted by molar-refractivity contribution is 0.997. The van der Waals surface area contributed by atoms with Gasteiger partial charge in [-0.15, -0.1) is 0 Å². The molecule has 0 saturated heterocycles. The van der Waals surface area contributed by atoms with E-state index in [-0.39, 0.29) is 0 Å². The standard InChI is InChI=1S/C11H11N/c1-2-12-9-5-7-10-6-3-4-8-11(10)12/h3-6,8H,1-2,7H2. The molecule has 12 heavy (non-hydrogen) atoms. The number of para-hydroxylation sites is 1. The lowest BCUT2D eigenvalue weighted by Gasteiger charge is -2.23. The van der Waals surface area contributed by atoms with Gasteiger partial charge in [0, 0.05) is 12.2 Å². The van der Waals surface area contributed by atoms with Crippen molar-refractivity contribution in [2.24, 2.45) is 0 Å². The van der Waals surface area contributed by atoms with Crippen molar-refractivity contribution in [1.82, 2.24) is 0 Å². The molecule has 1 aromatic carbocycles. The van der Waals surface area contributed by atoms with E-state index in [1.54, 1.807) is 0 Å². The van der Waals surface area contributed by atoms with Crippen LogP contribution in [-0.4, -0.2) is 6.54 Å². The van der Waals surface area contributed by atoms with Crippen molar-refractivity contribution >= 4 is 5.69 Å². The summed E-state index contributed by atoms with van der Waals surface area (Å²) in [7, 11) is 0. The molecule has 2 rings (SSSR count). The van der Waals surface area contributed by atoms with E-state index in [0.717, 1.165) is 13.0 Å². The first-order valence-corrected chi connectivity index (χ1v) is 4.14. The van der Waals surface area contributed by atoms with E-state index < -0.39 is 0 Å². The van der Waals surface area contributed by atoms with Crippen molar-refractivity contribution in [3.63, 3.8) is 0 Å². The van der Waals surface area contributed by atoms with Gasteiger partial charge >= 0.3 is 0 Å². The van der Waals surface area contributed by atoms with Gasteiger partial charge in [-0.2, -0.15) is 0 Å². The molecule has 0 spiro atoms. The molecule has 0 amide bonds. The first-order chi connectivity index (χ1) is 5.92. The average molecular weight is 157 g/mol. The largest absolute Gasteiger partial charge is 0.340 e. The summed E-state index contributed by atoms with van der Waals surface area (Å²) in [5, 5.41) is 0. The van der Waals surface area contributed by atoms with Crippen LogP contribution in [0.15, 0.2) is 30.3 Å². The number of nitrogens with zero attached hydrogens (tertiary/aromatic N) is 1. The Kier molecular flexibility index (Phi) is 1.86. The van der Waals surface area contributed by atoms with E-state index in [4.69, 9.17) is 0 Å². The maximum absolute atomic E-state index is 3.85. The second-order valence-electron chi connectivity index (χ2n) is 2.82. The SMILES string of the molecule is [CH2]CN1[C]=CCc2ccccc21. The van der Waals surface area contributed by atoms with Crippen LogP contribution in [-0.2, 0) is 6.42 Å². The van der Waals surface area contributed by atoms with E-state index >= 15 is 0 Å². The molecule has 0 atom stereocenters. The van der Waals surface area contributed by atoms with Gasteiger partial charge in [0.1, 0.15) is 0 Å². The van der Waals surface area contributed by atoms with Crippen molar-refractivity contribution in [3.8, 4) is 0 Å². The Hall–Kier alpha value is -1.24. The molecule has 2 radical (unpaired) electrons. The number of fused-ring (bicyclic) bond motifs is 1. The Labute approximate surface area is 73.3 Å². The monoisotopic (exact) mass is 157 g/mol. The third kappa shape index (κ3) is 1.11. The fraction of sp³-hybridized carbons (Fsp3) is 0.182. The molecule has 1 aromatic rings. The van der Waals surface area contributed by atoms with Gasteiger partial charge in [0.2, 0.25) is 0 Å². The zero-order chi connectivity index (χ0) is 8.39. The molecule has 1 aliphatic rings. The Morgan fingerprint density at radius 3 is 3.08 bits per heavy atom. The highest BCUT2D eigenvalue weighted by Crippen LogP contribution is 2.24. The second-order valence-corrected chi connectivity index (χ2v) is 2.82. The summed E-state index contributed by atoms with van der Waals surface area (Å²) < 4.78 is 0. The maximum atomic E-state index is 3.85. The summed E-state index contributed by atoms with van der Waals surface area (Å²) in [4.78, 5) is 2.04. The highest BCUT2D eigenvalue weighted by atomic mass is 15.1. The predicted octanol–water partition coefficient (Wildman–Crippen LogP) is 2.20. The summed E-state index contributed by atoms with van der Waals surface area (Å²) in [6.45, 7) is 4.60. The van der Waals surface area contributed by atoms with Crippen LogP contribution in [0.3, 0.4) is 0 Å². The number of benzene rings is 1. The fourth-order valence-corrected chi connectivity index (χ4v) is 1.47. The molecule has 1 nitrogen and oxygen atoms in total. The Morgan fingerprint density at radius 1 is 1.42 bits per heavy atom. The number of hydrogen-bond donors (Lipinski definition) is 0. The first-order valence-electron chi connectivity index (χ1n) is 4.14. The van der Waals surface area contributed by atoms with Gasteiger partial charge in [-0.05, 0) is 25.0 Å². The molecule has 0 aliphatic carbocycles. The molecule has 1 heterocycles. The van der Waals surface area contributed by atoms with E-state index in [0.29, 0.717) is 0 Å². The third-order valence-electron chi connectivity index (χ3n) is 2.08. The summed E-state index contributed by atoms with van der Waals surface area (Å²) in [5.41, 5.74) is 2.61. The summed E-state index contributed by atoms with van der Waals surface area (Å²) in [6, 6.07) is 8.38. The molecule has 0 saturated carbocycles. The minimum absolute atomic E-state index is 0.744. The number of hydrogen-bond acceptors (Lipinski definition) is 1. The maximum Gasteiger partial charge on any atom is 0.0611 e. The van der Waals surface area contributed by atoms with Crippen molar-refractivity contribution in [1.29, 1.82) is 0 Å². The van der Waals surface area contributed by atoms with E-state index in [9.17, 15) is 0 Å². The summed E-state index contributed by atoms with van der Waals surface area (Å²) in [5.74, 6) is 0. The molecule has 0 unspecified atom stereocenters. The van der Waals surface area contributed by atoms with E-state index in [2.05, 4.69) is 37.4 Å². The van der Waals surface area contributed by atoms with Crippen LogP contribution in [0.2, 0.25) is 0 Å². The van der Waals surface area contributed by atoms with Crippen molar-refractivity contribution in [2.45, 2.75) is 6.42 Å². The van der Waals surface area contributed by atoms with Gasteiger partial charge in [0.05, 0.1) is 6.20 Å². The molecule has 1 heteroatoms. The van der Waals surface area contributed by atoms with Crippen molar-refractivity contribution < 1.29 is 0 Å². The molecule has 60 valence electrons. The van der Waals surface area contributed by atoms with Crippen molar-refractivity contribution in [2.75, 3.05) is 11.4 Å². The topological polar surface area (TPSA) is 3.24 Å². The van der Waals surface area contributed by atoms with Gasteiger partial charge in [-0.3, -0.25) is 0 Å². The zero-order valence-electron chi connectivity index (χ0n) is 6.96. The molecule has 0 fully saturated rings. The molecular formula is C11H11N. The Balaban J connectivity index is 2.43. The van der Waals surface area contributed by atoms with E-state index in [1.807, 2.05) is 11.0 Å². The normalized spacial score (nSPS) is 14.6. The van der Waals surface area contributed by atoms with Crippen LogP contribution in [0.25, 0.3) is 0 Å². The van der Waals surface area contributed by atoms with Gasteiger partial charge in [0.15, 0.2) is 0 Å². The molecule has 0 bridgehead atoms. The van der Waals surface area contributed by atoms with Crippen LogP contribution in [0.1, 0.15) is 5.56 Å². The number of allylic oxidation sites excluding steroid dienone is 1.